The summed E-state index contributed by atoms with van der Waals surface area (Å²) >= 11 is 0. The largest absolute Gasteiger partial charge is 0.480 e. The second-order valence-electron chi connectivity index (χ2n) is 8.37. The maximum absolute atomic E-state index is 13.1. The number of nitrogens with zero attached hydrogens (tertiary/aromatic N) is 5. The highest BCUT2D eigenvalue weighted by Crippen LogP contribution is 2.19. The van der Waals surface area contributed by atoms with Crippen LogP contribution in [0.5, 0.6) is 0 Å². The number of piperazine rings is 2. The fourth-order valence-corrected chi connectivity index (χ4v) is 4.25. The Hall–Kier alpha value is -3.74. The zero-order chi connectivity index (χ0) is 25.5. The van der Waals surface area contributed by atoms with Crippen LogP contribution in [0, 0.1) is 0 Å². The van der Waals surface area contributed by atoms with Crippen LogP contribution in [0.25, 0.3) is 0 Å². The molecule has 13 nitrogen and oxygen atoms in total. The third-order valence-corrected chi connectivity index (χ3v) is 6.15. The minimum Gasteiger partial charge on any atom is -0.480 e. The van der Waals surface area contributed by atoms with Gasteiger partial charge in [0.1, 0.15) is 12.6 Å². The molecule has 2 atom stereocenters. The monoisotopic (exact) mass is 490 g/mol. The van der Waals surface area contributed by atoms with Crippen molar-refractivity contribution in [3.63, 3.8) is 0 Å². The van der Waals surface area contributed by atoms with Gasteiger partial charge < -0.3 is 35.2 Å². The van der Waals surface area contributed by atoms with Crippen molar-refractivity contribution in [3.8, 4) is 0 Å². The molecule has 2 aliphatic rings. The van der Waals surface area contributed by atoms with Crippen molar-refractivity contribution in [1.29, 1.82) is 0 Å². The molecule has 3 heterocycles. The molecule has 1 aromatic rings. The van der Waals surface area contributed by atoms with Gasteiger partial charge in [-0.2, -0.15) is 0 Å². The fraction of sp³-hybridized carbons (Fsp3) is 0.545. The lowest BCUT2D eigenvalue weighted by Crippen LogP contribution is -2.62. The Balaban J connectivity index is 1.59. The average molecular weight is 491 g/mol. The smallest absolute Gasteiger partial charge is 0.323 e. The molecule has 0 radical (unpaired) electrons. The zero-order valence-corrected chi connectivity index (χ0v) is 19.5. The number of amides is 3. The Bertz CT molecular complexity index is 951. The molecule has 2 fully saturated rings. The zero-order valence-electron chi connectivity index (χ0n) is 19.5. The number of esters is 1. The molecule has 0 aliphatic carbocycles. The molecule has 2 unspecified atom stereocenters. The van der Waals surface area contributed by atoms with Gasteiger partial charge in [-0.15, -0.1) is 0 Å². The minimum atomic E-state index is -1.24. The van der Waals surface area contributed by atoms with Gasteiger partial charge in [0, 0.05) is 57.3 Å². The summed E-state index contributed by atoms with van der Waals surface area (Å²) in [6.45, 7) is 1.62. The van der Waals surface area contributed by atoms with Gasteiger partial charge in [0.25, 0.3) is 0 Å². The van der Waals surface area contributed by atoms with Crippen molar-refractivity contribution >= 4 is 35.3 Å². The predicted molar refractivity (Wildman–Crippen MR) is 122 cm³/mol. The van der Waals surface area contributed by atoms with Gasteiger partial charge in [-0.3, -0.25) is 29.0 Å². The quantitative estimate of drug-likeness (QED) is 0.394. The van der Waals surface area contributed by atoms with Crippen molar-refractivity contribution in [1.82, 2.24) is 19.7 Å². The van der Waals surface area contributed by atoms with Crippen LogP contribution in [0.3, 0.4) is 0 Å². The summed E-state index contributed by atoms with van der Waals surface area (Å²) in [7, 11) is 1.15. The Morgan fingerprint density at radius 1 is 1.11 bits per heavy atom. The number of hydrogen-bond donors (Lipinski definition) is 2. The highest BCUT2D eigenvalue weighted by atomic mass is 16.5. The first-order valence-corrected chi connectivity index (χ1v) is 11.3. The van der Waals surface area contributed by atoms with Gasteiger partial charge in [-0.05, 0) is 12.1 Å². The topological polar surface area (TPSA) is 167 Å². The van der Waals surface area contributed by atoms with E-state index >= 15 is 0 Å². The van der Waals surface area contributed by atoms with Crippen LogP contribution >= 0.6 is 0 Å². The van der Waals surface area contributed by atoms with E-state index < -0.39 is 48.8 Å². The predicted octanol–water partition coefficient (Wildman–Crippen LogP) is -1.87. The minimum absolute atomic E-state index is 0.00792. The Labute approximate surface area is 202 Å². The molecule has 1 aromatic heterocycles. The summed E-state index contributed by atoms with van der Waals surface area (Å²) in [4.78, 5) is 71.6. The summed E-state index contributed by atoms with van der Waals surface area (Å²) in [6, 6.07) is 1.34. The van der Waals surface area contributed by atoms with Crippen molar-refractivity contribution < 1.29 is 33.8 Å². The molecule has 2 saturated heterocycles. The van der Waals surface area contributed by atoms with E-state index in [2.05, 4.69) is 14.6 Å². The second-order valence-corrected chi connectivity index (χ2v) is 8.37. The molecule has 35 heavy (non-hydrogen) atoms. The number of rotatable bonds is 8. The van der Waals surface area contributed by atoms with Crippen LogP contribution < -0.4 is 10.6 Å². The molecular formula is C22H30N6O7. The number of methoxy groups -OCH3 is 1. The highest BCUT2D eigenvalue weighted by Gasteiger charge is 2.41. The molecule has 0 aromatic carbocycles. The Morgan fingerprint density at radius 3 is 2.37 bits per heavy atom. The van der Waals surface area contributed by atoms with E-state index in [-0.39, 0.29) is 25.4 Å². The number of hydrogen-bond acceptors (Lipinski definition) is 9. The van der Waals surface area contributed by atoms with E-state index in [0.29, 0.717) is 26.2 Å². The van der Waals surface area contributed by atoms with Gasteiger partial charge >= 0.3 is 11.9 Å². The normalized spacial score (nSPS) is 19.4. The van der Waals surface area contributed by atoms with Crippen LogP contribution in [-0.2, 0) is 28.7 Å². The van der Waals surface area contributed by atoms with E-state index in [1.807, 2.05) is 12.1 Å². The van der Waals surface area contributed by atoms with Crippen molar-refractivity contribution in [3.05, 3.63) is 24.5 Å². The summed E-state index contributed by atoms with van der Waals surface area (Å²) in [5.41, 5.74) is 7.09. The van der Waals surface area contributed by atoms with Crippen LogP contribution in [0.15, 0.2) is 24.5 Å². The highest BCUT2D eigenvalue weighted by molar-refractivity contribution is 5.96. The molecule has 3 N–H and O–H groups in total. The average Bonchev–Trinajstić information content (AvgIpc) is 2.86. The van der Waals surface area contributed by atoms with Gasteiger partial charge in [0.05, 0.1) is 26.0 Å². The van der Waals surface area contributed by atoms with E-state index in [9.17, 15) is 24.0 Å². The van der Waals surface area contributed by atoms with Crippen LogP contribution in [0.2, 0.25) is 0 Å². The summed E-state index contributed by atoms with van der Waals surface area (Å²) < 4.78 is 4.63. The van der Waals surface area contributed by atoms with Gasteiger partial charge in [-0.25, -0.2) is 0 Å². The Morgan fingerprint density at radius 2 is 1.77 bits per heavy atom. The van der Waals surface area contributed by atoms with Crippen LogP contribution in [0.4, 0.5) is 5.69 Å². The number of ether oxygens (including phenoxy) is 1. The lowest BCUT2D eigenvalue weighted by atomic mass is 10.0. The van der Waals surface area contributed by atoms with E-state index in [4.69, 9.17) is 10.8 Å². The lowest BCUT2D eigenvalue weighted by Gasteiger charge is -2.41. The number of carbonyl (C=O) groups excluding carboxylic acids is 4. The van der Waals surface area contributed by atoms with Gasteiger partial charge in [0.2, 0.25) is 17.7 Å². The molecule has 2 aliphatic heterocycles. The summed E-state index contributed by atoms with van der Waals surface area (Å²) in [6.07, 6.45) is 2.73. The van der Waals surface area contributed by atoms with Gasteiger partial charge in [-0.1, -0.05) is 0 Å². The first kappa shape index (κ1) is 25.9. The molecule has 3 amide bonds. The number of anilines is 1. The number of carboxylic acids is 1. The molecule has 0 saturated carbocycles. The molecule has 3 rings (SSSR count). The SMILES string of the molecule is COC(=O)CC1C(=O)N(CC(=O)O)CCN1C(=O)C(N)CC(=O)N1CCN(c2ccncc2)CC1. The maximum atomic E-state index is 13.1. The van der Waals surface area contributed by atoms with Crippen LogP contribution in [0.1, 0.15) is 12.8 Å². The fourth-order valence-electron chi connectivity index (χ4n) is 4.25. The third kappa shape index (κ3) is 6.44. The van der Waals surface area contributed by atoms with E-state index in [1.165, 1.54) is 0 Å². The van der Waals surface area contributed by atoms with E-state index in [1.54, 1.807) is 17.3 Å². The number of aromatic nitrogens is 1. The Kier molecular flexibility index (Phi) is 8.58. The van der Waals surface area contributed by atoms with Crippen molar-refractivity contribution in [2.45, 2.75) is 24.9 Å². The molecule has 190 valence electrons. The van der Waals surface area contributed by atoms with E-state index in [0.717, 1.165) is 22.6 Å². The number of nitrogens with two attached hydrogens (primary N) is 1. The third-order valence-electron chi connectivity index (χ3n) is 6.15. The van der Waals surface area contributed by atoms with Gasteiger partial charge in [0.15, 0.2) is 0 Å². The van der Waals surface area contributed by atoms with Crippen LogP contribution in [-0.4, -0.2) is 119 Å². The summed E-state index contributed by atoms with van der Waals surface area (Å²) in [5.74, 6) is -3.54. The summed E-state index contributed by atoms with van der Waals surface area (Å²) in [5, 5.41) is 9.03. The first-order valence-electron chi connectivity index (χ1n) is 11.3. The molecular weight excluding hydrogens is 460 g/mol. The molecule has 13 heteroatoms. The lowest BCUT2D eigenvalue weighted by molar-refractivity contribution is -0.159. The first-order chi connectivity index (χ1) is 16.7. The molecule has 0 spiro atoms. The second kappa shape index (κ2) is 11.6. The number of carboxylic acid groups (broad SMARTS) is 1. The molecule has 0 bridgehead atoms. The number of aliphatic carboxylic acids is 1. The standard InChI is InChI=1S/C22H30N6O7/c1-35-20(32)13-17-22(34)27(14-19(30)31)10-11-28(17)21(33)16(23)12-18(29)26-8-6-25(7-9-26)15-2-4-24-5-3-15/h2-5,16-17H,6-14,23H2,1H3,(H,30,31). The number of pyridine rings is 1. The van der Waals surface area contributed by atoms with Crippen molar-refractivity contribution in [2.75, 3.05) is 57.8 Å². The maximum Gasteiger partial charge on any atom is 0.323 e. The van der Waals surface area contributed by atoms with Crippen molar-refractivity contribution in [2.24, 2.45) is 5.73 Å². The number of carbonyl (C=O) groups is 5.